The first-order valence-corrected chi connectivity index (χ1v) is 10.6. The topological polar surface area (TPSA) is 61.4 Å². The number of carbonyl (C=O) groups excluding carboxylic acids is 2. The Hall–Kier alpha value is -2.53. The zero-order chi connectivity index (χ0) is 20.6. The zero-order valence-corrected chi connectivity index (χ0v) is 17.6. The molecule has 0 unspecified atom stereocenters. The van der Waals surface area contributed by atoms with E-state index in [-0.39, 0.29) is 0 Å². The summed E-state index contributed by atoms with van der Waals surface area (Å²) in [4.78, 5) is 26.6. The molecular formula is C23H28ClN3O2. The summed E-state index contributed by atoms with van der Waals surface area (Å²) in [6.07, 6.45) is 5.82. The minimum absolute atomic E-state index is 0.407. The molecule has 0 bridgehead atoms. The first kappa shape index (κ1) is 21.2. The van der Waals surface area contributed by atoms with Crippen LogP contribution < -0.4 is 15.5 Å². The van der Waals surface area contributed by atoms with E-state index in [4.69, 9.17) is 11.6 Å². The molecule has 0 atom stereocenters. The minimum Gasteiger partial charge on any atom is -0.372 e. The first-order chi connectivity index (χ1) is 14.0. The first-order valence-electron chi connectivity index (χ1n) is 10.2. The third-order valence-corrected chi connectivity index (χ3v) is 5.50. The van der Waals surface area contributed by atoms with Gasteiger partial charge in [0.1, 0.15) is 0 Å². The Labute approximate surface area is 177 Å². The molecule has 0 spiro atoms. The van der Waals surface area contributed by atoms with E-state index in [0.29, 0.717) is 23.7 Å². The van der Waals surface area contributed by atoms with Crippen molar-refractivity contribution < 1.29 is 9.59 Å². The Kier molecular flexibility index (Phi) is 7.53. The normalized spacial score (nSPS) is 14.2. The van der Waals surface area contributed by atoms with Crippen LogP contribution in [0.15, 0.2) is 42.5 Å². The number of anilines is 2. The summed E-state index contributed by atoms with van der Waals surface area (Å²) in [5.41, 5.74) is 3.78. The number of nitrogens with zero attached hydrogens (tertiary/aromatic N) is 1. The molecule has 1 fully saturated rings. The van der Waals surface area contributed by atoms with Gasteiger partial charge in [0, 0.05) is 36.0 Å². The molecule has 1 aliphatic heterocycles. The lowest BCUT2D eigenvalue weighted by Gasteiger charge is -2.22. The van der Waals surface area contributed by atoms with E-state index in [9.17, 15) is 9.59 Å². The number of halogens is 1. The Morgan fingerprint density at radius 2 is 1.66 bits per heavy atom. The second-order valence-corrected chi connectivity index (χ2v) is 7.92. The largest absolute Gasteiger partial charge is 0.372 e. The molecule has 0 saturated carbocycles. The van der Waals surface area contributed by atoms with Gasteiger partial charge in [-0.05, 0) is 61.6 Å². The average molecular weight is 414 g/mol. The fourth-order valence-electron chi connectivity index (χ4n) is 3.51. The van der Waals surface area contributed by atoms with Crippen LogP contribution in [0.3, 0.4) is 0 Å². The summed E-state index contributed by atoms with van der Waals surface area (Å²) in [6, 6.07) is 13.7. The van der Waals surface area contributed by atoms with Crippen molar-refractivity contribution in [3.05, 3.63) is 58.6 Å². The van der Waals surface area contributed by atoms with Crippen LogP contribution in [-0.4, -0.2) is 31.4 Å². The quantitative estimate of drug-likeness (QED) is 0.717. The number of hydrogen-bond donors (Lipinski definition) is 2. The Bertz CT molecular complexity index is 844. The van der Waals surface area contributed by atoms with Crippen LogP contribution in [0, 0.1) is 6.92 Å². The van der Waals surface area contributed by atoms with Crippen molar-refractivity contribution >= 4 is 34.8 Å². The standard InChI is InChI=1S/C23H28ClN3O2/c1-17-6-9-19(24)16-21(17)26-23(29)22(28)25-13-12-18-7-10-20(11-8-18)27-14-4-2-3-5-15-27/h6-11,16H,2-5,12-15H2,1H3,(H,25,28)(H,26,29). The third-order valence-electron chi connectivity index (χ3n) is 5.26. The van der Waals surface area contributed by atoms with Crippen molar-refractivity contribution in [1.29, 1.82) is 0 Å². The van der Waals surface area contributed by atoms with E-state index in [1.54, 1.807) is 18.2 Å². The van der Waals surface area contributed by atoms with Crippen molar-refractivity contribution in [2.24, 2.45) is 0 Å². The van der Waals surface area contributed by atoms with Crippen LogP contribution in [0.25, 0.3) is 0 Å². The number of aryl methyl sites for hydroxylation is 1. The molecule has 5 nitrogen and oxygen atoms in total. The number of nitrogens with one attached hydrogen (secondary N) is 2. The van der Waals surface area contributed by atoms with Gasteiger partial charge in [-0.1, -0.05) is 42.6 Å². The van der Waals surface area contributed by atoms with E-state index in [2.05, 4.69) is 39.8 Å². The lowest BCUT2D eigenvalue weighted by molar-refractivity contribution is -0.136. The van der Waals surface area contributed by atoms with E-state index in [0.717, 1.165) is 24.2 Å². The highest BCUT2D eigenvalue weighted by molar-refractivity contribution is 6.40. The van der Waals surface area contributed by atoms with Gasteiger partial charge in [-0.15, -0.1) is 0 Å². The van der Waals surface area contributed by atoms with Gasteiger partial charge in [-0.3, -0.25) is 9.59 Å². The van der Waals surface area contributed by atoms with Crippen LogP contribution in [-0.2, 0) is 16.0 Å². The van der Waals surface area contributed by atoms with Gasteiger partial charge >= 0.3 is 11.8 Å². The van der Waals surface area contributed by atoms with Gasteiger partial charge in [-0.25, -0.2) is 0 Å². The number of rotatable bonds is 5. The van der Waals surface area contributed by atoms with E-state index in [1.807, 2.05) is 6.92 Å². The summed E-state index contributed by atoms with van der Waals surface area (Å²) >= 11 is 5.95. The molecule has 1 heterocycles. The molecule has 2 aromatic rings. The summed E-state index contributed by atoms with van der Waals surface area (Å²) < 4.78 is 0. The fourth-order valence-corrected chi connectivity index (χ4v) is 3.68. The molecule has 1 aliphatic rings. The maximum absolute atomic E-state index is 12.1. The highest BCUT2D eigenvalue weighted by Gasteiger charge is 2.14. The Morgan fingerprint density at radius 1 is 0.966 bits per heavy atom. The smallest absolute Gasteiger partial charge is 0.313 e. The summed E-state index contributed by atoms with van der Waals surface area (Å²) in [5, 5.41) is 5.79. The number of hydrogen-bond acceptors (Lipinski definition) is 3. The van der Waals surface area contributed by atoms with Crippen LogP contribution in [0.4, 0.5) is 11.4 Å². The Morgan fingerprint density at radius 3 is 2.34 bits per heavy atom. The number of benzene rings is 2. The predicted molar refractivity (Wildman–Crippen MR) is 119 cm³/mol. The maximum atomic E-state index is 12.1. The van der Waals surface area contributed by atoms with Crippen molar-refractivity contribution in [2.75, 3.05) is 29.9 Å². The van der Waals surface area contributed by atoms with E-state index >= 15 is 0 Å². The SMILES string of the molecule is Cc1ccc(Cl)cc1NC(=O)C(=O)NCCc1ccc(N2CCCCCC2)cc1. The van der Waals surface area contributed by atoms with E-state index < -0.39 is 11.8 Å². The van der Waals surface area contributed by atoms with Crippen LogP contribution in [0.5, 0.6) is 0 Å². The lowest BCUT2D eigenvalue weighted by Crippen LogP contribution is -2.36. The second-order valence-electron chi connectivity index (χ2n) is 7.49. The molecule has 0 aliphatic carbocycles. The number of amides is 2. The van der Waals surface area contributed by atoms with Gasteiger partial charge in [0.15, 0.2) is 0 Å². The molecule has 2 aromatic carbocycles. The zero-order valence-electron chi connectivity index (χ0n) is 16.8. The third kappa shape index (κ3) is 6.23. The molecule has 29 heavy (non-hydrogen) atoms. The fraction of sp³-hybridized carbons (Fsp3) is 0.391. The molecule has 0 aromatic heterocycles. The van der Waals surface area contributed by atoms with Gasteiger partial charge in [0.25, 0.3) is 0 Å². The van der Waals surface area contributed by atoms with Crippen LogP contribution >= 0.6 is 11.6 Å². The second kappa shape index (κ2) is 10.3. The number of carbonyl (C=O) groups is 2. The van der Waals surface area contributed by atoms with Crippen molar-refractivity contribution in [2.45, 2.75) is 39.0 Å². The molecule has 2 amide bonds. The molecular weight excluding hydrogens is 386 g/mol. The van der Waals surface area contributed by atoms with Crippen LogP contribution in [0.1, 0.15) is 36.8 Å². The van der Waals surface area contributed by atoms with Crippen molar-refractivity contribution in [3.8, 4) is 0 Å². The molecule has 0 radical (unpaired) electrons. The van der Waals surface area contributed by atoms with Gasteiger partial charge in [0.05, 0.1) is 0 Å². The predicted octanol–water partition coefficient (Wildman–Crippen LogP) is 4.33. The van der Waals surface area contributed by atoms with Crippen LogP contribution in [0.2, 0.25) is 5.02 Å². The molecule has 2 N–H and O–H groups in total. The average Bonchev–Trinajstić information content (AvgIpc) is 3.00. The lowest BCUT2D eigenvalue weighted by atomic mass is 10.1. The van der Waals surface area contributed by atoms with Gasteiger partial charge in [-0.2, -0.15) is 0 Å². The summed E-state index contributed by atoms with van der Waals surface area (Å²) in [5.74, 6) is -1.34. The monoisotopic (exact) mass is 413 g/mol. The molecule has 154 valence electrons. The highest BCUT2D eigenvalue weighted by Crippen LogP contribution is 2.21. The molecule has 6 heteroatoms. The molecule has 1 saturated heterocycles. The summed E-state index contributed by atoms with van der Waals surface area (Å²) in [6.45, 7) is 4.50. The Balaban J connectivity index is 1.45. The van der Waals surface area contributed by atoms with E-state index in [1.165, 1.54) is 31.4 Å². The highest BCUT2D eigenvalue weighted by atomic mass is 35.5. The summed E-state index contributed by atoms with van der Waals surface area (Å²) in [7, 11) is 0. The van der Waals surface area contributed by atoms with Gasteiger partial charge < -0.3 is 15.5 Å². The maximum Gasteiger partial charge on any atom is 0.313 e. The minimum atomic E-state index is -0.688. The molecule has 3 rings (SSSR count). The van der Waals surface area contributed by atoms with Crippen molar-refractivity contribution in [3.63, 3.8) is 0 Å². The van der Waals surface area contributed by atoms with Crippen molar-refractivity contribution in [1.82, 2.24) is 5.32 Å². The van der Waals surface area contributed by atoms with Gasteiger partial charge in [0.2, 0.25) is 0 Å².